The first kappa shape index (κ1) is 23.5. The summed E-state index contributed by atoms with van der Waals surface area (Å²) in [6, 6.07) is 14.3. The summed E-state index contributed by atoms with van der Waals surface area (Å²) in [5.41, 5.74) is 2.97. The predicted octanol–water partition coefficient (Wildman–Crippen LogP) is 3.65. The summed E-state index contributed by atoms with van der Waals surface area (Å²) >= 11 is 0. The number of esters is 1. The normalized spacial score (nSPS) is 16.5. The molecule has 2 heterocycles. The molecule has 8 heteroatoms. The standard InChI is InChI=1S/C26H29N3O5/c1-17(24(31)21-8-9-23-20(16-21)12-15-29(23)18(2)30)34-25(32)19-10-13-28(14-11-19)26(33)27-22-6-4-3-5-7-22/h3-9,16-17,19H,10-15H2,1-2H3,(H,27,33). The fourth-order valence-electron chi connectivity index (χ4n) is 4.48. The van der Waals surface area contributed by atoms with E-state index in [0.717, 1.165) is 16.9 Å². The minimum atomic E-state index is -0.907. The maximum atomic E-state index is 12.9. The van der Waals surface area contributed by atoms with Crippen LogP contribution in [0, 0.1) is 5.92 Å². The van der Waals surface area contributed by atoms with Crippen LogP contribution in [0.2, 0.25) is 0 Å². The van der Waals surface area contributed by atoms with Crippen LogP contribution in [-0.4, -0.2) is 54.3 Å². The molecule has 1 N–H and O–H groups in total. The number of amides is 3. The molecule has 0 aliphatic carbocycles. The largest absolute Gasteiger partial charge is 0.454 e. The van der Waals surface area contributed by atoms with Crippen LogP contribution in [0.1, 0.15) is 42.6 Å². The van der Waals surface area contributed by atoms with E-state index >= 15 is 0 Å². The molecule has 2 aromatic carbocycles. The number of hydrogen-bond donors (Lipinski definition) is 1. The third-order valence-electron chi connectivity index (χ3n) is 6.44. The van der Waals surface area contributed by atoms with E-state index < -0.39 is 12.1 Å². The fraction of sp³-hybridized carbons (Fsp3) is 0.385. The Morgan fingerprint density at radius 2 is 1.71 bits per heavy atom. The zero-order valence-corrected chi connectivity index (χ0v) is 19.5. The van der Waals surface area contributed by atoms with Crippen LogP contribution in [0.15, 0.2) is 48.5 Å². The quantitative estimate of drug-likeness (QED) is 0.539. The summed E-state index contributed by atoms with van der Waals surface area (Å²) in [5, 5.41) is 2.85. The molecule has 3 amide bonds. The van der Waals surface area contributed by atoms with E-state index in [9.17, 15) is 19.2 Å². The number of hydrogen-bond acceptors (Lipinski definition) is 5. The van der Waals surface area contributed by atoms with Crippen molar-refractivity contribution in [3.8, 4) is 0 Å². The first-order chi connectivity index (χ1) is 16.3. The van der Waals surface area contributed by atoms with Crippen LogP contribution in [0.3, 0.4) is 0 Å². The number of para-hydroxylation sites is 1. The van der Waals surface area contributed by atoms with Crippen LogP contribution in [0.5, 0.6) is 0 Å². The lowest BCUT2D eigenvalue weighted by molar-refractivity contribution is -0.152. The number of carbonyl (C=O) groups is 4. The van der Waals surface area contributed by atoms with Crippen LogP contribution < -0.4 is 10.2 Å². The Labute approximate surface area is 198 Å². The highest BCUT2D eigenvalue weighted by atomic mass is 16.5. The summed E-state index contributed by atoms with van der Waals surface area (Å²) in [5.74, 6) is -1.05. The van der Waals surface area contributed by atoms with Gasteiger partial charge in [-0.05, 0) is 62.1 Å². The summed E-state index contributed by atoms with van der Waals surface area (Å²) in [6.07, 6.45) is 0.763. The average Bonchev–Trinajstić information content (AvgIpc) is 3.28. The first-order valence-corrected chi connectivity index (χ1v) is 11.6. The first-order valence-electron chi connectivity index (χ1n) is 11.6. The summed E-state index contributed by atoms with van der Waals surface area (Å²) < 4.78 is 5.50. The van der Waals surface area contributed by atoms with Gasteiger partial charge in [0.05, 0.1) is 5.92 Å². The number of benzene rings is 2. The molecule has 0 aromatic heterocycles. The zero-order chi connectivity index (χ0) is 24.2. The van der Waals surface area contributed by atoms with E-state index in [1.165, 1.54) is 6.92 Å². The van der Waals surface area contributed by atoms with Gasteiger partial charge in [0.1, 0.15) is 0 Å². The molecule has 1 unspecified atom stereocenters. The molecule has 0 radical (unpaired) electrons. The van der Waals surface area contributed by atoms with Crippen LogP contribution in [0.4, 0.5) is 16.2 Å². The molecule has 2 aliphatic rings. The lowest BCUT2D eigenvalue weighted by Gasteiger charge is -2.31. The number of nitrogens with zero attached hydrogens (tertiary/aromatic N) is 2. The van der Waals surface area contributed by atoms with Gasteiger partial charge in [0.15, 0.2) is 6.10 Å². The van der Waals surface area contributed by atoms with Gasteiger partial charge in [-0.2, -0.15) is 0 Å². The van der Waals surface area contributed by atoms with Gasteiger partial charge in [0.2, 0.25) is 11.7 Å². The number of carbonyl (C=O) groups excluding carboxylic acids is 4. The van der Waals surface area contributed by atoms with E-state index in [0.29, 0.717) is 44.5 Å². The van der Waals surface area contributed by atoms with E-state index in [1.54, 1.807) is 34.9 Å². The molecule has 1 saturated heterocycles. The van der Waals surface area contributed by atoms with Crippen molar-refractivity contribution in [1.82, 2.24) is 4.90 Å². The van der Waals surface area contributed by atoms with Gasteiger partial charge in [0, 0.05) is 43.5 Å². The van der Waals surface area contributed by atoms with Crippen molar-refractivity contribution in [3.05, 3.63) is 59.7 Å². The summed E-state index contributed by atoms with van der Waals surface area (Å²) in [4.78, 5) is 53.1. The van der Waals surface area contributed by atoms with E-state index in [4.69, 9.17) is 4.74 Å². The maximum absolute atomic E-state index is 12.9. The average molecular weight is 464 g/mol. The molecule has 178 valence electrons. The Morgan fingerprint density at radius 3 is 2.38 bits per heavy atom. The Morgan fingerprint density at radius 1 is 1.00 bits per heavy atom. The van der Waals surface area contributed by atoms with Crippen molar-refractivity contribution in [2.45, 2.75) is 39.2 Å². The second-order valence-corrected chi connectivity index (χ2v) is 8.77. The predicted molar refractivity (Wildman–Crippen MR) is 128 cm³/mol. The van der Waals surface area contributed by atoms with Gasteiger partial charge in [-0.1, -0.05) is 18.2 Å². The van der Waals surface area contributed by atoms with E-state index in [2.05, 4.69) is 5.32 Å². The van der Waals surface area contributed by atoms with Crippen LogP contribution in [-0.2, 0) is 20.7 Å². The van der Waals surface area contributed by atoms with Gasteiger partial charge in [-0.15, -0.1) is 0 Å². The molecule has 1 atom stereocenters. The highest BCUT2D eigenvalue weighted by molar-refractivity contribution is 6.02. The summed E-state index contributed by atoms with van der Waals surface area (Å²) in [6.45, 7) is 4.60. The van der Waals surface area contributed by atoms with Crippen molar-refractivity contribution in [2.24, 2.45) is 5.92 Å². The maximum Gasteiger partial charge on any atom is 0.321 e. The van der Waals surface area contributed by atoms with Gasteiger partial charge in [-0.3, -0.25) is 14.4 Å². The van der Waals surface area contributed by atoms with E-state index in [1.807, 2.05) is 30.3 Å². The third-order valence-corrected chi connectivity index (χ3v) is 6.44. The highest BCUT2D eigenvalue weighted by Gasteiger charge is 2.31. The Hall–Kier alpha value is -3.68. The second-order valence-electron chi connectivity index (χ2n) is 8.77. The highest BCUT2D eigenvalue weighted by Crippen LogP contribution is 2.29. The SMILES string of the molecule is CC(=O)N1CCc2cc(C(=O)C(C)OC(=O)C3CCN(C(=O)Nc4ccccc4)CC3)ccc21. The molecule has 4 rings (SSSR count). The number of likely N-dealkylation sites (tertiary alicyclic amines) is 1. The molecule has 2 aliphatic heterocycles. The number of fused-ring (bicyclic) bond motifs is 1. The Bertz CT molecular complexity index is 1090. The molecular weight excluding hydrogens is 434 g/mol. The Kier molecular flexibility index (Phi) is 6.95. The van der Waals surface area contributed by atoms with Crippen LogP contribution in [0.25, 0.3) is 0 Å². The molecule has 0 bridgehead atoms. The van der Waals surface area contributed by atoms with Crippen molar-refractivity contribution in [3.63, 3.8) is 0 Å². The topological polar surface area (TPSA) is 96.0 Å². The molecule has 0 saturated carbocycles. The minimum absolute atomic E-state index is 0.0243. The second kappa shape index (κ2) is 10.1. The number of nitrogens with one attached hydrogen (secondary N) is 1. The van der Waals surface area contributed by atoms with Crippen molar-refractivity contribution < 1.29 is 23.9 Å². The molecule has 34 heavy (non-hydrogen) atoms. The number of ketones is 1. The molecule has 0 spiro atoms. The zero-order valence-electron chi connectivity index (χ0n) is 19.5. The fourth-order valence-corrected chi connectivity index (χ4v) is 4.48. The van der Waals surface area contributed by atoms with Crippen molar-refractivity contribution in [1.29, 1.82) is 0 Å². The molecular formula is C26H29N3O5. The number of anilines is 2. The van der Waals surface area contributed by atoms with Gasteiger partial charge in [0.25, 0.3) is 0 Å². The smallest absolute Gasteiger partial charge is 0.321 e. The van der Waals surface area contributed by atoms with Gasteiger partial charge < -0.3 is 19.9 Å². The van der Waals surface area contributed by atoms with Gasteiger partial charge >= 0.3 is 12.0 Å². The lowest BCUT2D eigenvalue weighted by Crippen LogP contribution is -2.43. The Balaban J connectivity index is 1.28. The van der Waals surface area contributed by atoms with E-state index in [-0.39, 0.29) is 23.6 Å². The summed E-state index contributed by atoms with van der Waals surface area (Å²) in [7, 11) is 0. The molecule has 8 nitrogen and oxygen atoms in total. The minimum Gasteiger partial charge on any atom is -0.454 e. The number of piperidine rings is 1. The number of rotatable bonds is 5. The lowest BCUT2D eigenvalue weighted by atomic mass is 9.97. The van der Waals surface area contributed by atoms with Crippen molar-refractivity contribution >= 4 is 35.1 Å². The molecule has 2 aromatic rings. The monoisotopic (exact) mass is 463 g/mol. The van der Waals surface area contributed by atoms with Crippen LogP contribution >= 0.6 is 0 Å². The number of Topliss-reactive ketones (excluding diaryl/α,β-unsaturated/α-hetero) is 1. The third kappa shape index (κ3) is 5.11. The molecule has 1 fully saturated rings. The van der Waals surface area contributed by atoms with Crippen molar-refractivity contribution in [2.75, 3.05) is 29.9 Å². The number of urea groups is 1. The van der Waals surface area contributed by atoms with Gasteiger partial charge in [-0.25, -0.2) is 4.79 Å². The number of ether oxygens (including phenoxy) is 1.